The Morgan fingerprint density at radius 2 is 1.69 bits per heavy atom. The molecule has 0 saturated carbocycles. The number of rotatable bonds is 4. The molecule has 0 atom stereocenters. The van der Waals surface area contributed by atoms with Gasteiger partial charge >= 0.3 is 0 Å². The van der Waals surface area contributed by atoms with Crippen molar-refractivity contribution in [3.8, 4) is 11.3 Å². The van der Waals surface area contributed by atoms with Crippen LogP contribution in [0.3, 0.4) is 0 Å². The summed E-state index contributed by atoms with van der Waals surface area (Å²) in [6, 6.07) is 16.2. The van der Waals surface area contributed by atoms with Crippen LogP contribution in [0.1, 0.15) is 20.8 Å². The summed E-state index contributed by atoms with van der Waals surface area (Å²) >= 11 is 5.87. The van der Waals surface area contributed by atoms with Crippen LogP contribution in [0, 0.1) is 5.82 Å². The van der Waals surface area contributed by atoms with Gasteiger partial charge in [0.25, 0.3) is 0 Å². The molecule has 0 radical (unpaired) electrons. The van der Waals surface area contributed by atoms with Gasteiger partial charge in [-0.2, -0.15) is 4.98 Å². The summed E-state index contributed by atoms with van der Waals surface area (Å²) in [4.78, 5) is 9.14. The summed E-state index contributed by atoms with van der Waals surface area (Å²) < 4.78 is 13.4. The maximum atomic E-state index is 13.4. The summed E-state index contributed by atoms with van der Waals surface area (Å²) in [6.45, 7) is 6.12. The first-order chi connectivity index (χ1) is 12.3. The van der Waals surface area contributed by atoms with Crippen molar-refractivity contribution in [1.82, 2.24) is 9.97 Å². The van der Waals surface area contributed by atoms with Crippen molar-refractivity contribution >= 4 is 29.1 Å². The topological polar surface area (TPSA) is 49.8 Å². The van der Waals surface area contributed by atoms with E-state index in [4.69, 9.17) is 11.6 Å². The van der Waals surface area contributed by atoms with Crippen LogP contribution < -0.4 is 10.6 Å². The van der Waals surface area contributed by atoms with Gasteiger partial charge in [-0.1, -0.05) is 41.9 Å². The van der Waals surface area contributed by atoms with E-state index in [9.17, 15) is 4.39 Å². The SMILES string of the molecule is CC(C)(C)Nc1nc(Nc2ccc(F)c(Cl)c2)cc(-c2ccccc2)n1. The number of hydrogen-bond donors (Lipinski definition) is 2. The molecule has 3 rings (SSSR count). The Morgan fingerprint density at radius 3 is 2.35 bits per heavy atom. The minimum atomic E-state index is -0.458. The highest BCUT2D eigenvalue weighted by Crippen LogP contribution is 2.26. The van der Waals surface area contributed by atoms with E-state index in [1.54, 1.807) is 6.07 Å². The Balaban J connectivity index is 2.00. The van der Waals surface area contributed by atoms with Gasteiger partial charge in [0.1, 0.15) is 11.6 Å². The molecule has 0 bridgehead atoms. The van der Waals surface area contributed by atoms with Gasteiger partial charge in [0.05, 0.1) is 10.7 Å². The lowest BCUT2D eigenvalue weighted by molar-refractivity contribution is 0.626. The van der Waals surface area contributed by atoms with Crippen molar-refractivity contribution in [2.24, 2.45) is 0 Å². The lowest BCUT2D eigenvalue weighted by atomic mass is 10.1. The standard InChI is InChI=1S/C20H20ClFN4/c1-20(2,3)26-19-24-17(13-7-5-4-6-8-13)12-18(25-19)23-14-9-10-16(22)15(21)11-14/h4-12H,1-3H3,(H2,23,24,25,26). The molecule has 1 aromatic heterocycles. The summed E-state index contributed by atoms with van der Waals surface area (Å²) in [7, 11) is 0. The van der Waals surface area contributed by atoms with Gasteiger partial charge < -0.3 is 10.6 Å². The normalized spacial score (nSPS) is 11.3. The average Bonchev–Trinajstić information content (AvgIpc) is 2.57. The molecule has 0 unspecified atom stereocenters. The van der Waals surface area contributed by atoms with E-state index in [0.717, 1.165) is 11.3 Å². The highest BCUT2D eigenvalue weighted by atomic mass is 35.5. The lowest BCUT2D eigenvalue weighted by Crippen LogP contribution is -2.27. The second-order valence-electron chi connectivity index (χ2n) is 6.96. The van der Waals surface area contributed by atoms with Crippen LogP contribution in [0.4, 0.5) is 21.8 Å². The minimum Gasteiger partial charge on any atom is -0.350 e. The van der Waals surface area contributed by atoms with Crippen molar-refractivity contribution in [2.75, 3.05) is 10.6 Å². The van der Waals surface area contributed by atoms with Crippen LogP contribution in [0.25, 0.3) is 11.3 Å². The van der Waals surface area contributed by atoms with Crippen molar-refractivity contribution < 1.29 is 4.39 Å². The van der Waals surface area contributed by atoms with E-state index in [1.165, 1.54) is 12.1 Å². The number of aromatic nitrogens is 2. The van der Waals surface area contributed by atoms with Crippen LogP contribution in [0.5, 0.6) is 0 Å². The molecule has 6 heteroatoms. The summed E-state index contributed by atoms with van der Waals surface area (Å²) in [5.41, 5.74) is 2.22. The Morgan fingerprint density at radius 1 is 0.962 bits per heavy atom. The molecule has 0 aliphatic heterocycles. The molecule has 0 aliphatic carbocycles. The molecular formula is C20H20ClFN4. The first-order valence-electron chi connectivity index (χ1n) is 8.25. The monoisotopic (exact) mass is 370 g/mol. The molecule has 0 saturated heterocycles. The maximum absolute atomic E-state index is 13.4. The maximum Gasteiger partial charge on any atom is 0.225 e. The van der Waals surface area contributed by atoms with Crippen LogP contribution in [0.2, 0.25) is 5.02 Å². The van der Waals surface area contributed by atoms with Gasteiger partial charge in [-0.15, -0.1) is 0 Å². The number of hydrogen-bond acceptors (Lipinski definition) is 4. The second kappa shape index (κ2) is 7.30. The fourth-order valence-corrected chi connectivity index (χ4v) is 2.56. The van der Waals surface area contributed by atoms with Crippen molar-refractivity contribution in [2.45, 2.75) is 26.3 Å². The first-order valence-corrected chi connectivity index (χ1v) is 8.63. The largest absolute Gasteiger partial charge is 0.350 e. The first kappa shape index (κ1) is 18.1. The highest BCUT2D eigenvalue weighted by molar-refractivity contribution is 6.31. The molecule has 26 heavy (non-hydrogen) atoms. The number of nitrogens with zero attached hydrogens (tertiary/aromatic N) is 2. The molecule has 1 heterocycles. The van der Waals surface area contributed by atoms with Crippen LogP contribution in [-0.4, -0.2) is 15.5 Å². The number of nitrogens with one attached hydrogen (secondary N) is 2. The molecule has 4 nitrogen and oxygen atoms in total. The van der Waals surface area contributed by atoms with Gasteiger partial charge in [0.2, 0.25) is 5.95 Å². The zero-order valence-corrected chi connectivity index (χ0v) is 15.6. The Labute approximate surface area is 157 Å². The molecule has 2 aromatic carbocycles. The second-order valence-corrected chi connectivity index (χ2v) is 7.36. The Kier molecular flexibility index (Phi) is 5.09. The lowest BCUT2D eigenvalue weighted by Gasteiger charge is -2.21. The fourth-order valence-electron chi connectivity index (χ4n) is 2.38. The Hall–Kier alpha value is -2.66. The van der Waals surface area contributed by atoms with Gasteiger partial charge in [0.15, 0.2) is 0 Å². The van der Waals surface area contributed by atoms with Gasteiger partial charge in [-0.05, 0) is 39.0 Å². The highest BCUT2D eigenvalue weighted by Gasteiger charge is 2.14. The predicted octanol–water partition coefficient (Wildman–Crippen LogP) is 5.89. The summed E-state index contributed by atoms with van der Waals surface area (Å²) in [5, 5.41) is 6.51. The molecule has 2 N–H and O–H groups in total. The quantitative estimate of drug-likeness (QED) is 0.601. The zero-order valence-electron chi connectivity index (χ0n) is 14.8. The van der Waals surface area contributed by atoms with Crippen LogP contribution in [-0.2, 0) is 0 Å². The Bertz CT molecular complexity index is 907. The molecule has 0 amide bonds. The van der Waals surface area contributed by atoms with E-state index in [2.05, 4.69) is 20.6 Å². The predicted molar refractivity (Wildman–Crippen MR) is 106 cm³/mol. The van der Waals surface area contributed by atoms with Crippen LogP contribution in [0.15, 0.2) is 54.6 Å². The molecular weight excluding hydrogens is 351 g/mol. The molecule has 134 valence electrons. The summed E-state index contributed by atoms with van der Waals surface area (Å²) in [6.07, 6.45) is 0. The third-order valence-corrected chi connectivity index (χ3v) is 3.76. The van der Waals surface area contributed by atoms with Gasteiger partial charge in [0, 0.05) is 22.9 Å². The average molecular weight is 371 g/mol. The summed E-state index contributed by atoms with van der Waals surface area (Å²) in [5.74, 6) is 0.641. The molecule has 0 aliphatic rings. The van der Waals surface area contributed by atoms with E-state index in [0.29, 0.717) is 17.5 Å². The van der Waals surface area contributed by atoms with E-state index < -0.39 is 5.82 Å². The van der Waals surface area contributed by atoms with Crippen molar-refractivity contribution in [1.29, 1.82) is 0 Å². The van der Waals surface area contributed by atoms with Crippen LogP contribution >= 0.6 is 11.6 Å². The van der Waals surface area contributed by atoms with Crippen molar-refractivity contribution in [3.05, 3.63) is 65.4 Å². The molecule has 0 fully saturated rings. The number of benzene rings is 2. The van der Waals surface area contributed by atoms with E-state index >= 15 is 0 Å². The van der Waals surface area contributed by atoms with Gasteiger partial charge in [-0.3, -0.25) is 0 Å². The third-order valence-electron chi connectivity index (χ3n) is 3.47. The smallest absolute Gasteiger partial charge is 0.225 e. The molecule has 3 aromatic rings. The van der Waals surface area contributed by atoms with E-state index in [-0.39, 0.29) is 10.6 Å². The number of anilines is 3. The van der Waals surface area contributed by atoms with E-state index in [1.807, 2.05) is 57.2 Å². The molecule has 0 spiro atoms. The number of halogens is 2. The van der Waals surface area contributed by atoms with Gasteiger partial charge in [-0.25, -0.2) is 9.37 Å². The third kappa shape index (κ3) is 4.70. The zero-order chi connectivity index (χ0) is 18.7. The van der Waals surface area contributed by atoms with Crippen molar-refractivity contribution in [3.63, 3.8) is 0 Å². The fraction of sp³-hybridized carbons (Fsp3) is 0.200. The minimum absolute atomic E-state index is 0.0559.